The largest absolute Gasteiger partial charge is 0.489 e. The lowest BCUT2D eigenvalue weighted by Gasteiger charge is -2.20. The molecule has 0 saturated heterocycles. The highest BCUT2D eigenvalue weighted by Crippen LogP contribution is 2.36. The van der Waals surface area contributed by atoms with Crippen molar-refractivity contribution >= 4 is 21.5 Å². The normalized spacial score (nSPS) is 13.4. The molecule has 0 heterocycles. The van der Waals surface area contributed by atoms with Crippen LogP contribution < -0.4 is 9.47 Å². The second-order valence-corrected chi connectivity index (χ2v) is 9.30. The Morgan fingerprint density at radius 1 is 0.594 bits per heavy atom. The van der Waals surface area contributed by atoms with Crippen LogP contribution in [0.15, 0.2) is 48.5 Å². The van der Waals surface area contributed by atoms with E-state index in [1.807, 2.05) is 0 Å². The van der Waals surface area contributed by atoms with Crippen molar-refractivity contribution in [2.45, 2.75) is 79.1 Å². The summed E-state index contributed by atoms with van der Waals surface area (Å²) in [5.41, 5.74) is 0. The van der Waals surface area contributed by atoms with Crippen molar-refractivity contribution in [1.29, 1.82) is 0 Å². The molecule has 0 aliphatic heterocycles. The van der Waals surface area contributed by atoms with Gasteiger partial charge in [0, 0.05) is 0 Å². The maximum absolute atomic E-state index is 6.43. The Labute approximate surface area is 195 Å². The maximum Gasteiger partial charge on any atom is 0.161 e. The van der Waals surface area contributed by atoms with E-state index in [1.54, 1.807) is 0 Å². The van der Waals surface area contributed by atoms with Crippen molar-refractivity contribution in [2.24, 2.45) is 11.8 Å². The molecule has 3 aromatic carbocycles. The molecule has 32 heavy (non-hydrogen) atoms. The van der Waals surface area contributed by atoms with Crippen LogP contribution in [-0.4, -0.2) is 13.2 Å². The van der Waals surface area contributed by atoms with E-state index >= 15 is 0 Å². The smallest absolute Gasteiger partial charge is 0.161 e. The molecule has 2 heteroatoms. The van der Waals surface area contributed by atoms with Gasteiger partial charge in [-0.3, -0.25) is 0 Å². The zero-order valence-corrected chi connectivity index (χ0v) is 20.7. The minimum atomic E-state index is 0.600. The Morgan fingerprint density at radius 2 is 1.03 bits per heavy atom. The molecule has 3 rings (SSSR count). The summed E-state index contributed by atoms with van der Waals surface area (Å²) < 4.78 is 12.9. The second kappa shape index (κ2) is 12.7. The Hall–Kier alpha value is -2.22. The zero-order valence-electron chi connectivity index (χ0n) is 20.7. The predicted molar refractivity (Wildman–Crippen MR) is 139 cm³/mol. The van der Waals surface area contributed by atoms with Crippen LogP contribution in [0.1, 0.15) is 79.1 Å². The summed E-state index contributed by atoms with van der Waals surface area (Å²) in [5.74, 6) is 2.99. The average Bonchev–Trinajstić information content (AvgIpc) is 2.83. The molecule has 2 nitrogen and oxygen atoms in total. The number of rotatable bonds is 14. The number of benzene rings is 3. The molecule has 3 aromatic rings. The molecule has 0 radical (unpaired) electrons. The first kappa shape index (κ1) is 24.4. The predicted octanol–water partition coefficient (Wildman–Crippen LogP) is 9.18. The Bertz CT molecular complexity index is 884. The van der Waals surface area contributed by atoms with Crippen molar-refractivity contribution in [3.8, 4) is 11.5 Å². The highest BCUT2D eigenvalue weighted by molar-refractivity contribution is 5.99. The summed E-state index contributed by atoms with van der Waals surface area (Å²) in [4.78, 5) is 0. The molecule has 0 spiro atoms. The molecule has 0 amide bonds. The summed E-state index contributed by atoms with van der Waals surface area (Å²) in [6.07, 6.45) is 9.79. The molecule has 0 aliphatic carbocycles. The minimum Gasteiger partial charge on any atom is -0.489 e. The highest BCUT2D eigenvalue weighted by atomic mass is 16.5. The van der Waals surface area contributed by atoms with Crippen molar-refractivity contribution < 1.29 is 9.47 Å². The SMILES string of the molecule is CCCCC(CC)COc1cc2cc3ccccc3cc2cc1OCC(CC)CCCC. The summed E-state index contributed by atoms with van der Waals surface area (Å²) in [6.45, 7) is 10.6. The van der Waals surface area contributed by atoms with Crippen LogP contribution in [0.2, 0.25) is 0 Å². The van der Waals surface area contributed by atoms with E-state index in [9.17, 15) is 0 Å². The van der Waals surface area contributed by atoms with E-state index in [2.05, 4.69) is 76.2 Å². The quantitative estimate of drug-likeness (QED) is 0.235. The number of fused-ring (bicyclic) bond motifs is 2. The molecule has 0 saturated carbocycles. The molecule has 0 aliphatic rings. The number of unbranched alkanes of at least 4 members (excludes halogenated alkanes) is 2. The lowest BCUT2D eigenvalue weighted by atomic mass is 10.00. The maximum atomic E-state index is 6.43. The van der Waals surface area contributed by atoms with E-state index < -0.39 is 0 Å². The molecule has 174 valence electrons. The summed E-state index contributed by atoms with van der Waals surface area (Å²) >= 11 is 0. The van der Waals surface area contributed by atoms with Crippen LogP contribution in [0.25, 0.3) is 21.5 Å². The van der Waals surface area contributed by atoms with E-state index in [0.29, 0.717) is 11.8 Å². The van der Waals surface area contributed by atoms with Crippen LogP contribution >= 0.6 is 0 Å². The molecule has 0 aromatic heterocycles. The van der Waals surface area contributed by atoms with Crippen molar-refractivity contribution in [3.63, 3.8) is 0 Å². The Balaban J connectivity index is 1.87. The molecular formula is C30H42O2. The lowest BCUT2D eigenvalue weighted by molar-refractivity contribution is 0.199. The average molecular weight is 435 g/mol. The first-order valence-corrected chi connectivity index (χ1v) is 12.9. The van der Waals surface area contributed by atoms with Gasteiger partial charge in [-0.2, -0.15) is 0 Å². The molecule has 0 fully saturated rings. The lowest BCUT2D eigenvalue weighted by Crippen LogP contribution is -2.14. The van der Waals surface area contributed by atoms with E-state index in [-0.39, 0.29) is 0 Å². The Morgan fingerprint density at radius 3 is 1.41 bits per heavy atom. The first-order valence-electron chi connectivity index (χ1n) is 12.9. The summed E-state index contributed by atoms with van der Waals surface area (Å²) in [6, 6.07) is 17.5. The molecule has 2 atom stereocenters. The van der Waals surface area contributed by atoms with E-state index in [0.717, 1.165) is 37.6 Å². The van der Waals surface area contributed by atoms with Crippen LogP contribution in [0.4, 0.5) is 0 Å². The van der Waals surface area contributed by atoms with Gasteiger partial charge >= 0.3 is 0 Å². The number of ether oxygens (including phenoxy) is 2. The Kier molecular flexibility index (Phi) is 9.71. The molecule has 0 bridgehead atoms. The van der Waals surface area contributed by atoms with Gasteiger partial charge in [-0.1, -0.05) is 90.5 Å². The van der Waals surface area contributed by atoms with Gasteiger partial charge in [-0.25, -0.2) is 0 Å². The third-order valence-corrected chi connectivity index (χ3v) is 6.80. The topological polar surface area (TPSA) is 18.5 Å². The van der Waals surface area contributed by atoms with Gasteiger partial charge in [0.2, 0.25) is 0 Å². The highest BCUT2D eigenvalue weighted by Gasteiger charge is 2.14. The molecular weight excluding hydrogens is 392 g/mol. The second-order valence-electron chi connectivity index (χ2n) is 9.30. The van der Waals surface area contributed by atoms with Gasteiger partial charge in [-0.15, -0.1) is 0 Å². The first-order chi connectivity index (χ1) is 15.7. The molecule has 2 unspecified atom stereocenters. The van der Waals surface area contributed by atoms with Gasteiger partial charge in [0.1, 0.15) is 0 Å². The fraction of sp³-hybridized carbons (Fsp3) is 0.533. The summed E-state index contributed by atoms with van der Waals surface area (Å²) in [7, 11) is 0. The third-order valence-electron chi connectivity index (χ3n) is 6.80. The van der Waals surface area contributed by atoms with Gasteiger partial charge in [-0.05, 0) is 70.5 Å². The number of hydrogen-bond donors (Lipinski definition) is 0. The van der Waals surface area contributed by atoms with Crippen LogP contribution in [0.5, 0.6) is 11.5 Å². The monoisotopic (exact) mass is 434 g/mol. The minimum absolute atomic E-state index is 0.600. The van der Waals surface area contributed by atoms with Gasteiger partial charge in [0.15, 0.2) is 11.5 Å². The molecule has 0 N–H and O–H groups in total. The fourth-order valence-corrected chi connectivity index (χ4v) is 4.39. The van der Waals surface area contributed by atoms with Gasteiger partial charge < -0.3 is 9.47 Å². The number of hydrogen-bond acceptors (Lipinski definition) is 2. The fourth-order valence-electron chi connectivity index (χ4n) is 4.39. The summed E-state index contributed by atoms with van der Waals surface area (Å²) in [5, 5.41) is 4.95. The standard InChI is InChI=1S/C30H42O2/c1-5-9-13-23(7-3)21-31-29-19-27-17-25-15-11-12-16-26(25)18-28(27)20-30(29)32-22-24(8-4)14-10-6-2/h11-12,15-20,23-24H,5-10,13-14,21-22H2,1-4H3. The van der Waals surface area contributed by atoms with Crippen LogP contribution in [0, 0.1) is 11.8 Å². The van der Waals surface area contributed by atoms with Crippen molar-refractivity contribution in [2.75, 3.05) is 13.2 Å². The zero-order chi connectivity index (χ0) is 22.8. The third kappa shape index (κ3) is 6.64. The van der Waals surface area contributed by atoms with Crippen LogP contribution in [0.3, 0.4) is 0 Å². The van der Waals surface area contributed by atoms with Crippen molar-refractivity contribution in [3.05, 3.63) is 48.5 Å². The van der Waals surface area contributed by atoms with Crippen molar-refractivity contribution in [1.82, 2.24) is 0 Å². The van der Waals surface area contributed by atoms with E-state index in [1.165, 1.54) is 60.1 Å². The van der Waals surface area contributed by atoms with Gasteiger partial charge in [0.25, 0.3) is 0 Å². The van der Waals surface area contributed by atoms with E-state index in [4.69, 9.17) is 9.47 Å². The van der Waals surface area contributed by atoms with Crippen LogP contribution in [-0.2, 0) is 0 Å². The van der Waals surface area contributed by atoms with Gasteiger partial charge in [0.05, 0.1) is 13.2 Å².